The summed E-state index contributed by atoms with van der Waals surface area (Å²) in [6.45, 7) is 2.05. The number of carbonyl (C=O) groups excluding carboxylic acids is 1. The van der Waals surface area contributed by atoms with Gasteiger partial charge in [-0.3, -0.25) is 4.40 Å². The van der Waals surface area contributed by atoms with Crippen molar-refractivity contribution in [3.63, 3.8) is 0 Å². The summed E-state index contributed by atoms with van der Waals surface area (Å²) < 4.78 is 2.88. The second-order valence-electron chi connectivity index (χ2n) is 3.28. The SMILES string of the molecule is CCc1nc(Br)c2cccc(CC=O)n12. The first-order chi connectivity index (χ1) is 7.27. The van der Waals surface area contributed by atoms with E-state index < -0.39 is 0 Å². The van der Waals surface area contributed by atoms with Crippen molar-refractivity contribution in [1.29, 1.82) is 0 Å². The zero-order valence-corrected chi connectivity index (χ0v) is 9.99. The molecule has 2 aromatic rings. The summed E-state index contributed by atoms with van der Waals surface area (Å²) in [7, 11) is 0. The summed E-state index contributed by atoms with van der Waals surface area (Å²) in [5.41, 5.74) is 2.00. The van der Waals surface area contributed by atoms with E-state index in [1.54, 1.807) is 0 Å². The minimum atomic E-state index is 0.424. The van der Waals surface area contributed by atoms with Gasteiger partial charge in [0.25, 0.3) is 0 Å². The van der Waals surface area contributed by atoms with E-state index in [1.165, 1.54) is 0 Å². The highest BCUT2D eigenvalue weighted by molar-refractivity contribution is 9.10. The molecule has 2 rings (SSSR count). The lowest BCUT2D eigenvalue weighted by atomic mass is 10.2. The Morgan fingerprint density at radius 1 is 1.53 bits per heavy atom. The number of aryl methyl sites for hydroxylation is 1. The fourth-order valence-corrected chi connectivity index (χ4v) is 2.24. The zero-order valence-electron chi connectivity index (χ0n) is 8.40. The van der Waals surface area contributed by atoms with Crippen LogP contribution in [-0.4, -0.2) is 15.7 Å². The molecule has 0 spiro atoms. The second-order valence-corrected chi connectivity index (χ2v) is 4.03. The third-order valence-electron chi connectivity index (χ3n) is 2.38. The van der Waals surface area contributed by atoms with Crippen LogP contribution in [0.15, 0.2) is 22.8 Å². The molecule has 2 heterocycles. The van der Waals surface area contributed by atoms with Crippen LogP contribution in [0, 0.1) is 0 Å². The van der Waals surface area contributed by atoms with Crippen molar-refractivity contribution in [1.82, 2.24) is 9.38 Å². The third-order valence-corrected chi connectivity index (χ3v) is 2.96. The van der Waals surface area contributed by atoms with Gasteiger partial charge in [0, 0.05) is 18.5 Å². The Labute approximate surface area is 96.3 Å². The molecule has 78 valence electrons. The van der Waals surface area contributed by atoms with E-state index in [0.717, 1.165) is 34.3 Å². The van der Waals surface area contributed by atoms with Crippen LogP contribution in [0.25, 0.3) is 5.52 Å². The van der Waals surface area contributed by atoms with E-state index >= 15 is 0 Å². The van der Waals surface area contributed by atoms with Crippen molar-refractivity contribution < 1.29 is 4.79 Å². The van der Waals surface area contributed by atoms with E-state index in [0.29, 0.717) is 6.42 Å². The Hall–Kier alpha value is -1.16. The number of hydrogen-bond acceptors (Lipinski definition) is 2. The molecule has 0 atom stereocenters. The van der Waals surface area contributed by atoms with Crippen molar-refractivity contribution >= 4 is 27.7 Å². The van der Waals surface area contributed by atoms with Gasteiger partial charge in [-0.15, -0.1) is 0 Å². The molecule has 0 fully saturated rings. The lowest BCUT2D eigenvalue weighted by Gasteiger charge is -2.04. The van der Waals surface area contributed by atoms with Crippen molar-refractivity contribution in [3.8, 4) is 0 Å². The Morgan fingerprint density at radius 2 is 2.33 bits per heavy atom. The fourth-order valence-electron chi connectivity index (χ4n) is 1.72. The van der Waals surface area contributed by atoms with E-state index in [9.17, 15) is 4.79 Å². The number of halogens is 1. The van der Waals surface area contributed by atoms with Crippen LogP contribution in [-0.2, 0) is 17.6 Å². The number of nitrogens with zero attached hydrogens (tertiary/aromatic N) is 2. The standard InChI is InChI=1S/C11H11BrN2O/c1-2-10-13-11(12)9-5-3-4-8(6-7-15)14(9)10/h3-5,7H,2,6H2,1H3. The second kappa shape index (κ2) is 4.14. The molecule has 3 nitrogen and oxygen atoms in total. The minimum absolute atomic E-state index is 0.424. The Kier molecular flexibility index (Phi) is 2.86. The average Bonchev–Trinajstić information content (AvgIpc) is 2.58. The summed E-state index contributed by atoms with van der Waals surface area (Å²) in [6.07, 6.45) is 2.19. The summed E-state index contributed by atoms with van der Waals surface area (Å²) in [6, 6.07) is 5.89. The van der Waals surface area contributed by atoms with E-state index in [-0.39, 0.29) is 0 Å². The first-order valence-corrected chi connectivity index (χ1v) is 5.65. The monoisotopic (exact) mass is 266 g/mol. The summed E-state index contributed by atoms with van der Waals surface area (Å²) >= 11 is 3.42. The molecule has 0 aliphatic carbocycles. The predicted octanol–water partition coefficient (Wildman–Crippen LogP) is 2.40. The van der Waals surface area contributed by atoms with Crippen LogP contribution < -0.4 is 0 Å². The lowest BCUT2D eigenvalue weighted by Crippen LogP contribution is -2.01. The number of rotatable bonds is 3. The number of aldehydes is 1. The maximum atomic E-state index is 10.6. The van der Waals surface area contributed by atoms with Crippen LogP contribution in [0.4, 0.5) is 0 Å². The Bertz CT molecular complexity index is 505. The number of fused-ring (bicyclic) bond motifs is 1. The molecular weight excluding hydrogens is 256 g/mol. The van der Waals surface area contributed by atoms with Gasteiger partial charge in [0.2, 0.25) is 0 Å². The van der Waals surface area contributed by atoms with Crippen molar-refractivity contribution in [2.24, 2.45) is 0 Å². The van der Waals surface area contributed by atoms with Crippen LogP contribution in [0.3, 0.4) is 0 Å². The molecule has 0 unspecified atom stereocenters. The van der Waals surface area contributed by atoms with Gasteiger partial charge in [-0.05, 0) is 28.1 Å². The van der Waals surface area contributed by atoms with Crippen LogP contribution in [0.2, 0.25) is 0 Å². The molecule has 0 radical (unpaired) electrons. The van der Waals surface area contributed by atoms with Gasteiger partial charge in [0.1, 0.15) is 16.7 Å². The largest absolute Gasteiger partial charge is 0.303 e. The maximum Gasteiger partial charge on any atom is 0.132 e. The molecule has 0 bridgehead atoms. The lowest BCUT2D eigenvalue weighted by molar-refractivity contribution is -0.107. The molecule has 0 aromatic carbocycles. The van der Waals surface area contributed by atoms with Gasteiger partial charge in [0.15, 0.2) is 0 Å². The molecule has 0 aliphatic rings. The van der Waals surface area contributed by atoms with Gasteiger partial charge in [-0.2, -0.15) is 0 Å². The van der Waals surface area contributed by atoms with E-state index in [2.05, 4.69) is 27.8 Å². The molecule has 0 N–H and O–H groups in total. The zero-order chi connectivity index (χ0) is 10.8. The number of carbonyl (C=O) groups is 1. The first-order valence-electron chi connectivity index (χ1n) is 4.86. The molecule has 4 heteroatoms. The molecule has 0 saturated heterocycles. The smallest absolute Gasteiger partial charge is 0.132 e. The number of imidazole rings is 1. The predicted molar refractivity (Wildman–Crippen MR) is 62.0 cm³/mol. The number of pyridine rings is 1. The Morgan fingerprint density at radius 3 is 3.00 bits per heavy atom. The van der Waals surface area contributed by atoms with Crippen LogP contribution >= 0.6 is 15.9 Å². The maximum absolute atomic E-state index is 10.6. The summed E-state index contributed by atoms with van der Waals surface area (Å²) in [5.74, 6) is 0.981. The first kappa shape index (κ1) is 10.4. The van der Waals surface area contributed by atoms with Gasteiger partial charge in [-0.25, -0.2) is 4.98 Å². The van der Waals surface area contributed by atoms with Crippen LogP contribution in [0.5, 0.6) is 0 Å². The Balaban J connectivity index is 2.75. The quantitative estimate of drug-likeness (QED) is 0.800. The topological polar surface area (TPSA) is 34.4 Å². The summed E-state index contributed by atoms with van der Waals surface area (Å²) in [4.78, 5) is 15.0. The highest BCUT2D eigenvalue weighted by Crippen LogP contribution is 2.21. The van der Waals surface area contributed by atoms with E-state index in [4.69, 9.17) is 0 Å². The molecule has 15 heavy (non-hydrogen) atoms. The van der Waals surface area contributed by atoms with E-state index in [1.807, 2.05) is 22.6 Å². The highest BCUT2D eigenvalue weighted by atomic mass is 79.9. The third kappa shape index (κ3) is 1.69. The van der Waals surface area contributed by atoms with Gasteiger partial charge in [-0.1, -0.05) is 13.0 Å². The van der Waals surface area contributed by atoms with Crippen molar-refractivity contribution in [3.05, 3.63) is 34.3 Å². The van der Waals surface area contributed by atoms with Crippen molar-refractivity contribution in [2.45, 2.75) is 19.8 Å². The highest BCUT2D eigenvalue weighted by Gasteiger charge is 2.09. The number of hydrogen-bond donors (Lipinski definition) is 0. The molecule has 0 aliphatic heterocycles. The van der Waals surface area contributed by atoms with Gasteiger partial charge >= 0.3 is 0 Å². The molecular formula is C11H11BrN2O. The normalized spacial score (nSPS) is 10.8. The molecule has 2 aromatic heterocycles. The average molecular weight is 267 g/mol. The molecule has 0 saturated carbocycles. The van der Waals surface area contributed by atoms with Gasteiger partial charge < -0.3 is 4.79 Å². The number of aromatic nitrogens is 2. The van der Waals surface area contributed by atoms with Crippen LogP contribution in [0.1, 0.15) is 18.4 Å². The fraction of sp³-hybridized carbons (Fsp3) is 0.273. The minimum Gasteiger partial charge on any atom is -0.303 e. The summed E-state index contributed by atoms with van der Waals surface area (Å²) in [5, 5.41) is 0. The van der Waals surface area contributed by atoms with Crippen molar-refractivity contribution in [2.75, 3.05) is 0 Å². The van der Waals surface area contributed by atoms with Gasteiger partial charge in [0.05, 0.1) is 5.52 Å². The molecule has 0 amide bonds.